The summed E-state index contributed by atoms with van der Waals surface area (Å²) in [7, 11) is 0. The molecule has 2 rings (SSSR count). The van der Waals surface area contributed by atoms with Gasteiger partial charge in [-0.05, 0) is 31.2 Å². The molecule has 1 heterocycles. The molecule has 0 bridgehead atoms. The molecule has 4 heteroatoms. The Hall–Kier alpha value is -0.960. The molecule has 0 spiro atoms. The van der Waals surface area contributed by atoms with E-state index in [1.165, 1.54) is 12.8 Å². The third-order valence-electron chi connectivity index (χ3n) is 2.97. The van der Waals surface area contributed by atoms with Crippen molar-refractivity contribution >= 4 is 17.3 Å². The van der Waals surface area contributed by atoms with Gasteiger partial charge >= 0.3 is 0 Å². The highest BCUT2D eigenvalue weighted by atomic mass is 35.5. The van der Waals surface area contributed by atoms with E-state index in [-0.39, 0.29) is 6.10 Å². The normalized spacial score (nSPS) is 25.4. The molecule has 0 radical (unpaired) electrons. The smallest absolute Gasteiger partial charge is 0.217 e. The van der Waals surface area contributed by atoms with Crippen molar-refractivity contribution in [2.75, 3.05) is 5.73 Å². The molecular weight excluding hydrogens is 224 g/mol. The summed E-state index contributed by atoms with van der Waals surface area (Å²) in [5.74, 6) is 1.28. The van der Waals surface area contributed by atoms with Crippen molar-refractivity contribution < 1.29 is 4.74 Å². The number of anilines is 1. The monoisotopic (exact) mass is 240 g/mol. The van der Waals surface area contributed by atoms with Crippen LogP contribution in [0.4, 0.5) is 5.69 Å². The van der Waals surface area contributed by atoms with Crippen LogP contribution >= 0.6 is 11.6 Å². The number of pyridine rings is 1. The lowest BCUT2D eigenvalue weighted by atomic mass is 9.89. The Balaban J connectivity index is 2.02. The number of nitrogens with two attached hydrogens (primary N) is 1. The van der Waals surface area contributed by atoms with Crippen LogP contribution in [0, 0.1) is 5.92 Å². The van der Waals surface area contributed by atoms with Gasteiger partial charge in [0.1, 0.15) is 11.3 Å². The molecule has 1 aliphatic rings. The van der Waals surface area contributed by atoms with Crippen LogP contribution in [0.25, 0.3) is 0 Å². The number of nitrogens with zero attached hydrogens (tertiary/aromatic N) is 1. The van der Waals surface area contributed by atoms with Gasteiger partial charge < -0.3 is 10.5 Å². The molecule has 88 valence electrons. The lowest BCUT2D eigenvalue weighted by Gasteiger charge is -2.26. The molecule has 16 heavy (non-hydrogen) atoms. The van der Waals surface area contributed by atoms with Gasteiger partial charge in [0.05, 0.1) is 0 Å². The van der Waals surface area contributed by atoms with Crippen molar-refractivity contribution in [3.8, 4) is 5.88 Å². The van der Waals surface area contributed by atoms with Crippen LogP contribution in [0.15, 0.2) is 12.1 Å². The van der Waals surface area contributed by atoms with Gasteiger partial charge in [-0.25, -0.2) is 4.98 Å². The number of aromatic nitrogens is 1. The summed E-state index contributed by atoms with van der Waals surface area (Å²) in [5.41, 5.74) is 6.28. The maximum Gasteiger partial charge on any atom is 0.217 e. The van der Waals surface area contributed by atoms with E-state index >= 15 is 0 Å². The third-order valence-corrected chi connectivity index (χ3v) is 3.16. The van der Waals surface area contributed by atoms with Gasteiger partial charge in [0.25, 0.3) is 0 Å². The van der Waals surface area contributed by atoms with Gasteiger partial charge in [-0.2, -0.15) is 0 Å². The van der Waals surface area contributed by atoms with Crippen LogP contribution in [0.5, 0.6) is 5.88 Å². The predicted octanol–water partition coefficient (Wildman–Crippen LogP) is 3.27. The average Bonchev–Trinajstić information content (AvgIpc) is 2.15. The molecule has 0 aromatic carbocycles. The molecule has 0 aliphatic heterocycles. The van der Waals surface area contributed by atoms with Gasteiger partial charge in [-0.3, -0.25) is 0 Å². The molecule has 0 saturated heterocycles. The van der Waals surface area contributed by atoms with Gasteiger partial charge in [-0.15, -0.1) is 0 Å². The fourth-order valence-electron chi connectivity index (χ4n) is 2.21. The van der Waals surface area contributed by atoms with Crippen molar-refractivity contribution in [2.24, 2.45) is 5.92 Å². The summed E-state index contributed by atoms with van der Waals surface area (Å²) in [6, 6.07) is 3.35. The highest BCUT2D eigenvalue weighted by Gasteiger charge is 2.20. The third kappa shape index (κ3) is 3.01. The zero-order chi connectivity index (χ0) is 11.5. The number of nitrogen functional groups attached to an aromatic ring is 1. The second-order valence-corrected chi connectivity index (χ2v) is 4.96. The molecule has 1 saturated carbocycles. The minimum Gasteiger partial charge on any atom is -0.474 e. The zero-order valence-corrected chi connectivity index (χ0v) is 10.2. The van der Waals surface area contributed by atoms with E-state index in [4.69, 9.17) is 22.1 Å². The van der Waals surface area contributed by atoms with Crippen LogP contribution in [-0.4, -0.2) is 11.1 Å². The maximum absolute atomic E-state index is 5.83. The van der Waals surface area contributed by atoms with E-state index in [1.807, 2.05) is 0 Å². The molecule has 1 fully saturated rings. The molecule has 2 N–H and O–H groups in total. The summed E-state index contributed by atoms with van der Waals surface area (Å²) < 4.78 is 5.81. The van der Waals surface area contributed by atoms with Gasteiger partial charge in [0, 0.05) is 11.8 Å². The first kappa shape index (κ1) is 11.5. The second kappa shape index (κ2) is 4.91. The van der Waals surface area contributed by atoms with E-state index in [0.717, 1.165) is 18.8 Å². The Bertz CT molecular complexity index is 350. The molecule has 3 nitrogen and oxygen atoms in total. The molecule has 1 aromatic rings. The minimum atomic E-state index is 0.258. The van der Waals surface area contributed by atoms with Crippen molar-refractivity contribution in [1.82, 2.24) is 4.98 Å². The Morgan fingerprint density at radius 3 is 2.94 bits per heavy atom. The molecule has 2 atom stereocenters. The molecule has 1 aromatic heterocycles. The topological polar surface area (TPSA) is 48.1 Å². The highest BCUT2D eigenvalue weighted by molar-refractivity contribution is 6.29. The Labute approximate surface area is 101 Å². The standard InChI is InChI=1S/C12H17ClN2O/c1-8-3-2-4-10(5-8)16-12-7-9(14)6-11(13)15-12/h6-8,10H,2-5H2,1H3,(H2,14,15). The molecule has 2 unspecified atom stereocenters. The zero-order valence-electron chi connectivity index (χ0n) is 9.45. The van der Waals surface area contributed by atoms with E-state index in [0.29, 0.717) is 16.7 Å². The largest absolute Gasteiger partial charge is 0.474 e. The number of hydrogen-bond donors (Lipinski definition) is 1. The van der Waals surface area contributed by atoms with Crippen molar-refractivity contribution in [3.63, 3.8) is 0 Å². The Kier molecular flexibility index (Phi) is 3.54. The SMILES string of the molecule is CC1CCCC(Oc2cc(N)cc(Cl)n2)C1. The lowest BCUT2D eigenvalue weighted by Crippen LogP contribution is -2.24. The van der Waals surface area contributed by atoms with Crippen LogP contribution < -0.4 is 10.5 Å². The second-order valence-electron chi connectivity index (χ2n) is 4.57. The van der Waals surface area contributed by atoms with E-state index in [2.05, 4.69) is 11.9 Å². The summed E-state index contributed by atoms with van der Waals surface area (Å²) in [6.45, 7) is 2.26. The quantitative estimate of drug-likeness (QED) is 0.807. The van der Waals surface area contributed by atoms with Crippen molar-refractivity contribution in [2.45, 2.75) is 38.7 Å². The lowest BCUT2D eigenvalue weighted by molar-refractivity contribution is 0.124. The van der Waals surface area contributed by atoms with Crippen molar-refractivity contribution in [1.29, 1.82) is 0 Å². The number of halogens is 1. The Morgan fingerprint density at radius 1 is 1.44 bits per heavy atom. The van der Waals surface area contributed by atoms with E-state index in [1.54, 1.807) is 12.1 Å². The van der Waals surface area contributed by atoms with E-state index in [9.17, 15) is 0 Å². The fraction of sp³-hybridized carbons (Fsp3) is 0.583. The average molecular weight is 241 g/mol. The summed E-state index contributed by atoms with van der Waals surface area (Å²) >= 11 is 5.83. The van der Waals surface area contributed by atoms with Crippen LogP contribution in [0.1, 0.15) is 32.6 Å². The van der Waals surface area contributed by atoms with Gasteiger partial charge in [0.15, 0.2) is 0 Å². The summed E-state index contributed by atoms with van der Waals surface area (Å²) in [4.78, 5) is 4.12. The summed E-state index contributed by atoms with van der Waals surface area (Å²) in [5, 5.41) is 0.388. The fourth-order valence-corrected chi connectivity index (χ4v) is 2.42. The number of ether oxygens (including phenoxy) is 1. The molecular formula is C12H17ClN2O. The van der Waals surface area contributed by atoms with Gasteiger partial charge in [-0.1, -0.05) is 24.9 Å². The van der Waals surface area contributed by atoms with Gasteiger partial charge in [0.2, 0.25) is 5.88 Å². The predicted molar refractivity (Wildman–Crippen MR) is 65.7 cm³/mol. The van der Waals surface area contributed by atoms with E-state index < -0.39 is 0 Å². The first-order chi connectivity index (χ1) is 7.63. The van der Waals surface area contributed by atoms with Crippen LogP contribution in [-0.2, 0) is 0 Å². The van der Waals surface area contributed by atoms with Crippen LogP contribution in [0.2, 0.25) is 5.15 Å². The number of rotatable bonds is 2. The van der Waals surface area contributed by atoms with Crippen molar-refractivity contribution in [3.05, 3.63) is 17.3 Å². The first-order valence-electron chi connectivity index (χ1n) is 5.73. The maximum atomic E-state index is 5.83. The first-order valence-corrected chi connectivity index (χ1v) is 6.11. The highest BCUT2D eigenvalue weighted by Crippen LogP contribution is 2.27. The minimum absolute atomic E-state index is 0.258. The Morgan fingerprint density at radius 2 is 2.25 bits per heavy atom. The van der Waals surface area contributed by atoms with Crippen LogP contribution in [0.3, 0.4) is 0 Å². The number of hydrogen-bond acceptors (Lipinski definition) is 3. The summed E-state index contributed by atoms with van der Waals surface area (Å²) in [6.07, 6.45) is 4.97. The molecule has 1 aliphatic carbocycles. The molecule has 0 amide bonds.